The van der Waals surface area contributed by atoms with E-state index >= 15 is 0 Å². The van der Waals surface area contributed by atoms with Crippen molar-refractivity contribution in [2.75, 3.05) is 13.1 Å². The maximum atomic E-state index is 5.86. The minimum Gasteiger partial charge on any atom is -0.467 e. The zero-order valence-electron chi connectivity index (χ0n) is 11.5. The van der Waals surface area contributed by atoms with E-state index < -0.39 is 0 Å². The second-order valence-corrected chi connectivity index (χ2v) is 6.10. The Labute approximate surface area is 110 Å². The lowest BCUT2D eigenvalue weighted by Crippen LogP contribution is -2.53. The number of likely N-dealkylation sites (tertiary alicyclic amines) is 1. The summed E-state index contributed by atoms with van der Waals surface area (Å²) in [5.41, 5.74) is 0.197. The molecule has 2 fully saturated rings. The minimum absolute atomic E-state index is 0.197. The number of piperidine rings is 1. The van der Waals surface area contributed by atoms with Crippen LogP contribution in [0.5, 0.6) is 0 Å². The van der Waals surface area contributed by atoms with Crippen LogP contribution in [-0.2, 0) is 5.54 Å². The van der Waals surface area contributed by atoms with E-state index in [1.165, 1.54) is 63.8 Å². The second kappa shape index (κ2) is 5.08. The largest absolute Gasteiger partial charge is 0.467 e. The van der Waals surface area contributed by atoms with E-state index in [4.69, 9.17) is 4.42 Å². The third-order valence-electron chi connectivity index (χ3n) is 5.13. The molecule has 2 aliphatic rings. The van der Waals surface area contributed by atoms with Crippen LogP contribution in [0.25, 0.3) is 0 Å². The monoisotopic (exact) mass is 247 g/mol. The zero-order valence-corrected chi connectivity index (χ0v) is 11.5. The van der Waals surface area contributed by atoms with Gasteiger partial charge in [0.2, 0.25) is 0 Å². The van der Waals surface area contributed by atoms with Crippen LogP contribution < -0.4 is 0 Å². The van der Waals surface area contributed by atoms with Crippen molar-refractivity contribution in [3.63, 3.8) is 0 Å². The van der Waals surface area contributed by atoms with Crippen LogP contribution in [0.3, 0.4) is 0 Å². The molecule has 0 bridgehead atoms. The summed E-state index contributed by atoms with van der Waals surface area (Å²) in [6, 6.07) is 4.26. The van der Waals surface area contributed by atoms with E-state index in [0.717, 1.165) is 5.92 Å². The van der Waals surface area contributed by atoms with Gasteiger partial charge in [-0.05, 0) is 56.8 Å². The van der Waals surface area contributed by atoms with Crippen LogP contribution in [0.15, 0.2) is 22.8 Å². The van der Waals surface area contributed by atoms with Gasteiger partial charge in [-0.2, -0.15) is 0 Å². The molecular formula is C16H25NO. The first-order valence-electron chi connectivity index (χ1n) is 7.63. The van der Waals surface area contributed by atoms with E-state index in [1.807, 2.05) is 6.26 Å². The highest BCUT2D eigenvalue weighted by molar-refractivity contribution is 5.16. The number of nitrogens with zero attached hydrogens (tertiary/aromatic N) is 1. The van der Waals surface area contributed by atoms with Crippen molar-refractivity contribution in [3.05, 3.63) is 24.2 Å². The Morgan fingerprint density at radius 1 is 1.17 bits per heavy atom. The summed E-state index contributed by atoms with van der Waals surface area (Å²) in [7, 11) is 0. The van der Waals surface area contributed by atoms with Gasteiger partial charge in [-0.1, -0.05) is 26.2 Å². The summed E-state index contributed by atoms with van der Waals surface area (Å²) in [6.07, 6.45) is 11.3. The van der Waals surface area contributed by atoms with E-state index in [9.17, 15) is 0 Å². The van der Waals surface area contributed by atoms with Crippen molar-refractivity contribution < 1.29 is 4.42 Å². The number of rotatable bonds is 2. The molecule has 1 aromatic rings. The first-order chi connectivity index (χ1) is 8.84. The zero-order chi connectivity index (χ0) is 12.4. The van der Waals surface area contributed by atoms with Gasteiger partial charge in [0, 0.05) is 0 Å². The number of hydrogen-bond donors (Lipinski definition) is 0. The van der Waals surface area contributed by atoms with Crippen molar-refractivity contribution in [2.45, 2.75) is 57.4 Å². The van der Waals surface area contributed by atoms with Crippen LogP contribution in [0, 0.1) is 5.92 Å². The first kappa shape index (κ1) is 12.3. The van der Waals surface area contributed by atoms with Gasteiger partial charge in [-0.25, -0.2) is 0 Å². The highest BCUT2D eigenvalue weighted by atomic mass is 16.3. The molecule has 0 spiro atoms. The lowest BCUT2D eigenvalue weighted by atomic mass is 9.70. The predicted octanol–water partition coefficient (Wildman–Crippen LogP) is 4.17. The molecule has 1 aromatic heterocycles. The maximum Gasteiger partial charge on any atom is 0.124 e. The van der Waals surface area contributed by atoms with Gasteiger partial charge >= 0.3 is 0 Å². The van der Waals surface area contributed by atoms with Crippen LogP contribution >= 0.6 is 0 Å². The standard InChI is InChI=1S/C16H25NO/c1-14-8-3-4-10-16(14,15-9-7-13-18-15)17-11-5-2-6-12-17/h7,9,13-14H,2-6,8,10-12H2,1H3/t14-,16+/m0/s1. The molecule has 0 amide bonds. The van der Waals surface area contributed by atoms with Crippen molar-refractivity contribution in [1.29, 1.82) is 0 Å². The van der Waals surface area contributed by atoms with Crippen LogP contribution in [0.1, 0.15) is 57.6 Å². The number of furan rings is 1. The summed E-state index contributed by atoms with van der Waals surface area (Å²) in [4.78, 5) is 2.74. The average molecular weight is 247 g/mol. The normalized spacial score (nSPS) is 34.6. The number of hydrogen-bond acceptors (Lipinski definition) is 2. The molecule has 0 aromatic carbocycles. The van der Waals surface area contributed by atoms with Crippen LogP contribution in [0.2, 0.25) is 0 Å². The molecule has 2 nitrogen and oxygen atoms in total. The van der Waals surface area contributed by atoms with Crippen molar-refractivity contribution in [3.8, 4) is 0 Å². The molecule has 2 heteroatoms. The fourth-order valence-corrected chi connectivity index (χ4v) is 4.14. The molecule has 1 saturated carbocycles. The van der Waals surface area contributed by atoms with Gasteiger partial charge in [-0.15, -0.1) is 0 Å². The Morgan fingerprint density at radius 2 is 2.00 bits per heavy atom. The molecule has 1 aliphatic heterocycles. The average Bonchev–Trinajstić information content (AvgIpc) is 2.95. The third kappa shape index (κ3) is 1.91. The van der Waals surface area contributed by atoms with Gasteiger partial charge < -0.3 is 4.42 Å². The van der Waals surface area contributed by atoms with Crippen LogP contribution in [-0.4, -0.2) is 18.0 Å². The highest BCUT2D eigenvalue weighted by Gasteiger charge is 2.46. The second-order valence-electron chi connectivity index (χ2n) is 6.10. The molecule has 3 rings (SSSR count). The summed E-state index contributed by atoms with van der Waals surface area (Å²) < 4.78 is 5.86. The van der Waals surface area contributed by atoms with Crippen LogP contribution in [0.4, 0.5) is 0 Å². The third-order valence-corrected chi connectivity index (χ3v) is 5.13. The fraction of sp³-hybridized carbons (Fsp3) is 0.750. The Kier molecular flexibility index (Phi) is 3.47. The Balaban J connectivity index is 1.96. The summed E-state index contributed by atoms with van der Waals surface area (Å²) in [5.74, 6) is 1.94. The molecular weight excluding hydrogens is 222 g/mol. The lowest BCUT2D eigenvalue weighted by molar-refractivity contribution is -0.0266. The van der Waals surface area contributed by atoms with Gasteiger partial charge in [0.25, 0.3) is 0 Å². The smallest absolute Gasteiger partial charge is 0.124 e. The molecule has 0 N–H and O–H groups in total. The molecule has 2 atom stereocenters. The van der Waals surface area contributed by atoms with Gasteiger partial charge in [0.15, 0.2) is 0 Å². The molecule has 1 aliphatic carbocycles. The molecule has 0 unspecified atom stereocenters. The van der Waals surface area contributed by atoms with Crippen molar-refractivity contribution in [1.82, 2.24) is 4.90 Å². The van der Waals surface area contributed by atoms with E-state index in [2.05, 4.69) is 24.0 Å². The maximum absolute atomic E-state index is 5.86. The Hall–Kier alpha value is -0.760. The summed E-state index contributed by atoms with van der Waals surface area (Å²) in [6.45, 7) is 4.94. The first-order valence-corrected chi connectivity index (χ1v) is 7.63. The summed E-state index contributed by atoms with van der Waals surface area (Å²) >= 11 is 0. The lowest BCUT2D eigenvalue weighted by Gasteiger charge is -2.50. The SMILES string of the molecule is C[C@H]1CCCC[C@@]1(c1ccco1)N1CCCCC1. The fourth-order valence-electron chi connectivity index (χ4n) is 4.14. The van der Waals surface area contributed by atoms with Crippen molar-refractivity contribution >= 4 is 0 Å². The minimum atomic E-state index is 0.197. The highest BCUT2D eigenvalue weighted by Crippen LogP contribution is 2.47. The Morgan fingerprint density at radius 3 is 2.67 bits per heavy atom. The summed E-state index contributed by atoms with van der Waals surface area (Å²) in [5, 5.41) is 0. The van der Waals surface area contributed by atoms with Gasteiger partial charge in [0.1, 0.15) is 5.76 Å². The van der Waals surface area contributed by atoms with E-state index in [-0.39, 0.29) is 5.54 Å². The predicted molar refractivity (Wildman–Crippen MR) is 73.4 cm³/mol. The Bertz CT molecular complexity index is 366. The van der Waals surface area contributed by atoms with E-state index in [1.54, 1.807) is 0 Å². The molecule has 100 valence electrons. The molecule has 0 radical (unpaired) electrons. The van der Waals surface area contributed by atoms with Crippen molar-refractivity contribution in [2.24, 2.45) is 5.92 Å². The van der Waals surface area contributed by atoms with E-state index in [0.29, 0.717) is 0 Å². The van der Waals surface area contributed by atoms with Gasteiger partial charge in [0.05, 0.1) is 11.8 Å². The quantitative estimate of drug-likeness (QED) is 0.780. The van der Waals surface area contributed by atoms with Gasteiger partial charge in [-0.3, -0.25) is 4.90 Å². The molecule has 1 saturated heterocycles. The molecule has 18 heavy (non-hydrogen) atoms. The topological polar surface area (TPSA) is 16.4 Å². The molecule has 2 heterocycles.